The highest BCUT2D eigenvalue weighted by molar-refractivity contribution is 7.80. The number of rotatable bonds is 3. The van der Waals surface area contributed by atoms with Gasteiger partial charge >= 0.3 is 0 Å². The van der Waals surface area contributed by atoms with E-state index in [4.69, 9.17) is 12.2 Å². The Morgan fingerprint density at radius 3 is 2.04 bits per heavy atom. The van der Waals surface area contributed by atoms with Gasteiger partial charge in [-0.1, -0.05) is 18.2 Å². The molecule has 3 N–H and O–H groups in total. The Morgan fingerprint density at radius 2 is 1.48 bits per heavy atom. The smallest absolute Gasteiger partial charge is 0.255 e. The van der Waals surface area contributed by atoms with Gasteiger partial charge in [0.05, 0.1) is 0 Å². The van der Waals surface area contributed by atoms with Crippen molar-refractivity contribution >= 4 is 40.5 Å². The number of carbonyl (C=O) groups excluding carboxylic acids is 2. The van der Waals surface area contributed by atoms with Gasteiger partial charge in [-0.15, -0.1) is 0 Å². The second-order valence-corrected chi connectivity index (χ2v) is 5.39. The molecule has 118 valence electrons. The fourth-order valence-corrected chi connectivity index (χ4v) is 2.25. The van der Waals surface area contributed by atoms with E-state index in [2.05, 4.69) is 16.0 Å². The zero-order chi connectivity index (χ0) is 16.8. The fourth-order valence-electron chi connectivity index (χ4n) is 1.99. The third-order valence-corrected chi connectivity index (χ3v) is 3.28. The van der Waals surface area contributed by atoms with E-state index in [1.165, 1.54) is 6.92 Å². The summed E-state index contributed by atoms with van der Waals surface area (Å²) in [4.78, 5) is 23.1. The van der Waals surface area contributed by atoms with Gasteiger partial charge in [-0.3, -0.25) is 9.59 Å². The molecule has 0 atom stereocenters. The van der Waals surface area contributed by atoms with E-state index in [0.29, 0.717) is 11.3 Å². The summed E-state index contributed by atoms with van der Waals surface area (Å²) >= 11 is 4.98. The highest BCUT2D eigenvalue weighted by Gasteiger charge is 2.08. The van der Waals surface area contributed by atoms with Crippen LogP contribution in [0, 0.1) is 6.92 Å². The molecule has 2 aromatic rings. The molecule has 0 spiro atoms. The molecule has 2 amide bonds. The van der Waals surface area contributed by atoms with E-state index in [1.54, 1.807) is 30.3 Å². The first kappa shape index (κ1) is 16.6. The van der Waals surface area contributed by atoms with Gasteiger partial charge in [0, 0.05) is 23.9 Å². The first-order chi connectivity index (χ1) is 11.0. The second-order valence-electron chi connectivity index (χ2n) is 4.98. The molecule has 0 unspecified atom stereocenters. The average Bonchev–Trinajstić information content (AvgIpc) is 2.48. The van der Waals surface area contributed by atoms with Crippen molar-refractivity contribution in [1.29, 1.82) is 0 Å². The van der Waals surface area contributed by atoms with Gasteiger partial charge in [0.2, 0.25) is 5.91 Å². The molecule has 6 heteroatoms. The van der Waals surface area contributed by atoms with E-state index in [-0.39, 0.29) is 16.9 Å². The van der Waals surface area contributed by atoms with Crippen LogP contribution >= 0.6 is 12.2 Å². The van der Waals surface area contributed by atoms with E-state index < -0.39 is 0 Å². The maximum Gasteiger partial charge on any atom is 0.255 e. The molecule has 0 saturated carbocycles. The van der Waals surface area contributed by atoms with Crippen molar-refractivity contribution in [2.45, 2.75) is 13.8 Å². The first-order valence-electron chi connectivity index (χ1n) is 7.01. The van der Waals surface area contributed by atoms with Crippen LogP contribution in [0.1, 0.15) is 22.8 Å². The van der Waals surface area contributed by atoms with Crippen molar-refractivity contribution in [1.82, 2.24) is 5.32 Å². The predicted octanol–water partition coefficient (Wildman–Crippen LogP) is 3.08. The number of anilines is 2. The van der Waals surface area contributed by atoms with Gasteiger partial charge in [0.25, 0.3) is 5.91 Å². The normalized spacial score (nSPS) is 9.83. The summed E-state index contributed by atoms with van der Waals surface area (Å²) in [5, 5.41) is 8.43. The molecule has 0 aliphatic carbocycles. The molecule has 0 radical (unpaired) electrons. The molecule has 2 aromatic carbocycles. The minimum Gasteiger partial charge on any atom is -0.332 e. The third-order valence-electron chi connectivity index (χ3n) is 3.08. The van der Waals surface area contributed by atoms with Crippen LogP contribution < -0.4 is 16.0 Å². The van der Waals surface area contributed by atoms with Crippen LogP contribution in [-0.2, 0) is 4.79 Å². The lowest BCUT2D eigenvalue weighted by Crippen LogP contribution is -2.32. The van der Waals surface area contributed by atoms with E-state index in [1.807, 2.05) is 25.1 Å². The van der Waals surface area contributed by atoms with E-state index >= 15 is 0 Å². The summed E-state index contributed by atoms with van der Waals surface area (Å²) in [5.41, 5.74) is 2.96. The molecule has 0 fully saturated rings. The standard InChI is InChI=1S/C17H17N3O2S/c1-11-5-3-4-6-15(11)16(22)19-13-7-9-14(10-8-13)20-17(23)18-12(2)21/h3-10H,1-2H3,(H,19,22)(H2,18,20,21,23). The fraction of sp³-hybridized carbons (Fsp3) is 0.118. The molecule has 0 heterocycles. The average molecular weight is 327 g/mol. The molecule has 0 saturated heterocycles. The predicted molar refractivity (Wildman–Crippen MR) is 95.6 cm³/mol. The zero-order valence-electron chi connectivity index (χ0n) is 12.8. The van der Waals surface area contributed by atoms with Crippen molar-refractivity contribution in [3.05, 3.63) is 59.7 Å². The van der Waals surface area contributed by atoms with Crippen molar-refractivity contribution in [3.8, 4) is 0 Å². The SMILES string of the molecule is CC(=O)NC(=S)Nc1ccc(NC(=O)c2ccccc2C)cc1. The summed E-state index contributed by atoms with van der Waals surface area (Å²) in [6.45, 7) is 3.28. The number of nitrogens with one attached hydrogen (secondary N) is 3. The molecule has 2 rings (SSSR count). The summed E-state index contributed by atoms with van der Waals surface area (Å²) in [6, 6.07) is 14.5. The minimum atomic E-state index is -0.232. The molecular weight excluding hydrogens is 310 g/mol. The lowest BCUT2D eigenvalue weighted by atomic mass is 10.1. The lowest BCUT2D eigenvalue weighted by Gasteiger charge is -2.10. The highest BCUT2D eigenvalue weighted by atomic mass is 32.1. The van der Waals surface area contributed by atoms with E-state index in [0.717, 1.165) is 11.3 Å². The number of aryl methyl sites for hydroxylation is 1. The molecule has 0 aliphatic rings. The van der Waals surface area contributed by atoms with Crippen molar-refractivity contribution in [2.24, 2.45) is 0 Å². The molecule has 0 bridgehead atoms. The number of hydrogen-bond donors (Lipinski definition) is 3. The largest absolute Gasteiger partial charge is 0.332 e. The summed E-state index contributed by atoms with van der Waals surface area (Å²) in [5.74, 6) is -0.387. The Labute approximate surface area is 140 Å². The maximum atomic E-state index is 12.2. The number of carbonyl (C=O) groups is 2. The molecule has 0 aliphatic heterocycles. The number of hydrogen-bond acceptors (Lipinski definition) is 3. The molecular formula is C17H17N3O2S. The van der Waals surface area contributed by atoms with Crippen LogP contribution in [0.5, 0.6) is 0 Å². The molecule has 0 aromatic heterocycles. The second kappa shape index (κ2) is 7.51. The Hall–Kier alpha value is -2.73. The van der Waals surface area contributed by atoms with Gasteiger partial charge in [-0.05, 0) is 55.0 Å². The van der Waals surface area contributed by atoms with Crippen LogP contribution in [0.25, 0.3) is 0 Å². The van der Waals surface area contributed by atoms with E-state index in [9.17, 15) is 9.59 Å². The van der Waals surface area contributed by atoms with Gasteiger partial charge < -0.3 is 16.0 Å². The topological polar surface area (TPSA) is 70.2 Å². The van der Waals surface area contributed by atoms with Crippen LogP contribution in [0.3, 0.4) is 0 Å². The van der Waals surface area contributed by atoms with Crippen molar-refractivity contribution < 1.29 is 9.59 Å². The molecule has 23 heavy (non-hydrogen) atoms. The number of amides is 2. The highest BCUT2D eigenvalue weighted by Crippen LogP contribution is 2.15. The first-order valence-corrected chi connectivity index (χ1v) is 7.42. The van der Waals surface area contributed by atoms with Crippen molar-refractivity contribution in [2.75, 3.05) is 10.6 Å². The zero-order valence-corrected chi connectivity index (χ0v) is 13.7. The number of benzene rings is 2. The quantitative estimate of drug-likeness (QED) is 0.758. The van der Waals surface area contributed by atoms with Crippen LogP contribution in [0.15, 0.2) is 48.5 Å². The van der Waals surface area contributed by atoms with Crippen LogP contribution in [0.2, 0.25) is 0 Å². The Bertz CT molecular complexity index is 742. The summed E-state index contributed by atoms with van der Waals surface area (Å²) in [7, 11) is 0. The third kappa shape index (κ3) is 4.89. The summed E-state index contributed by atoms with van der Waals surface area (Å²) in [6.07, 6.45) is 0. The number of thiocarbonyl (C=S) groups is 1. The summed E-state index contributed by atoms with van der Waals surface area (Å²) < 4.78 is 0. The lowest BCUT2D eigenvalue weighted by molar-refractivity contribution is -0.117. The monoisotopic (exact) mass is 327 g/mol. The van der Waals surface area contributed by atoms with Crippen LogP contribution in [-0.4, -0.2) is 16.9 Å². The minimum absolute atomic E-state index is 0.155. The molecule has 5 nitrogen and oxygen atoms in total. The maximum absolute atomic E-state index is 12.2. The Morgan fingerprint density at radius 1 is 0.913 bits per heavy atom. The van der Waals surface area contributed by atoms with Crippen LogP contribution in [0.4, 0.5) is 11.4 Å². The van der Waals surface area contributed by atoms with Gasteiger partial charge in [0.1, 0.15) is 0 Å². The van der Waals surface area contributed by atoms with Gasteiger partial charge in [-0.2, -0.15) is 0 Å². The van der Waals surface area contributed by atoms with Gasteiger partial charge in [-0.25, -0.2) is 0 Å². The Balaban J connectivity index is 2.00. The van der Waals surface area contributed by atoms with Crippen molar-refractivity contribution in [3.63, 3.8) is 0 Å². The van der Waals surface area contributed by atoms with Gasteiger partial charge in [0.15, 0.2) is 5.11 Å². The Kier molecular flexibility index (Phi) is 5.43.